The van der Waals surface area contributed by atoms with Crippen LogP contribution in [0.15, 0.2) is 34.9 Å². The van der Waals surface area contributed by atoms with Crippen LogP contribution in [0.3, 0.4) is 0 Å². The zero-order chi connectivity index (χ0) is 16.4. The lowest BCUT2D eigenvalue weighted by molar-refractivity contribution is -0.145. The lowest BCUT2D eigenvalue weighted by Crippen LogP contribution is -2.45. The molecule has 0 radical (unpaired) electrons. The third kappa shape index (κ3) is 3.64. The Bertz CT molecular complexity index is 701. The smallest absolute Gasteiger partial charge is 0.308 e. The molecule has 0 bridgehead atoms. The van der Waals surface area contributed by atoms with Crippen LogP contribution in [0.4, 0.5) is 0 Å². The Morgan fingerprint density at radius 1 is 1.52 bits per heavy atom. The lowest BCUT2D eigenvalue weighted by Gasteiger charge is -2.36. The molecule has 6 heteroatoms. The fourth-order valence-corrected chi connectivity index (χ4v) is 3.60. The van der Waals surface area contributed by atoms with Crippen LogP contribution in [0.5, 0.6) is 0 Å². The first-order chi connectivity index (χ1) is 11.0. The second-order valence-corrected chi connectivity index (χ2v) is 6.97. The number of hydrogen-bond acceptors (Lipinski definition) is 3. The predicted octanol–water partition coefficient (Wildman–Crippen LogP) is 3.52. The summed E-state index contributed by atoms with van der Waals surface area (Å²) < 4.78 is 1.03. The highest BCUT2D eigenvalue weighted by Gasteiger charge is 2.33. The van der Waals surface area contributed by atoms with E-state index in [9.17, 15) is 9.90 Å². The lowest BCUT2D eigenvalue weighted by atomic mass is 9.90. The number of carboxylic acid groups (broad SMARTS) is 1. The van der Waals surface area contributed by atoms with Crippen molar-refractivity contribution in [3.05, 3.63) is 40.8 Å². The Hall–Kier alpha value is -1.66. The topological polar surface area (TPSA) is 69.2 Å². The summed E-state index contributed by atoms with van der Waals surface area (Å²) in [5.74, 6) is -0.113. The van der Waals surface area contributed by atoms with Gasteiger partial charge in [0.1, 0.15) is 5.82 Å². The number of hydrogen-bond donors (Lipinski definition) is 2. The molecule has 3 rings (SSSR count). The molecule has 1 aromatic heterocycles. The van der Waals surface area contributed by atoms with Gasteiger partial charge in [-0.05, 0) is 38.4 Å². The molecule has 1 aliphatic rings. The molecular formula is C17H20BrN3O2. The van der Waals surface area contributed by atoms with Crippen molar-refractivity contribution in [1.29, 1.82) is 0 Å². The number of likely N-dealkylation sites (tertiary alicyclic amines) is 1. The molecule has 0 spiro atoms. The number of halogens is 1. The second-order valence-electron chi connectivity index (χ2n) is 6.05. The second kappa shape index (κ2) is 6.84. The van der Waals surface area contributed by atoms with E-state index in [1.807, 2.05) is 37.4 Å². The first kappa shape index (κ1) is 16.2. The molecule has 0 aliphatic carbocycles. The number of rotatable bonds is 4. The highest BCUT2D eigenvalue weighted by molar-refractivity contribution is 9.10. The molecule has 122 valence electrons. The van der Waals surface area contributed by atoms with E-state index in [0.29, 0.717) is 6.54 Å². The standard InChI is InChI=1S/C17H20BrN3O2/c1-11-14(17(22)23)6-3-7-21(11)10-16-19-9-15(20-16)12-4-2-5-13(18)8-12/h2,4-5,8-9,11,14H,3,6-7,10H2,1H3,(H,19,20)(H,22,23)/t11-,14-/m1/s1. The number of nitrogens with zero attached hydrogens (tertiary/aromatic N) is 2. The normalized spacial score (nSPS) is 22.2. The monoisotopic (exact) mass is 377 g/mol. The maximum Gasteiger partial charge on any atom is 0.308 e. The van der Waals surface area contributed by atoms with Gasteiger partial charge >= 0.3 is 5.97 Å². The van der Waals surface area contributed by atoms with Gasteiger partial charge in [0.05, 0.1) is 24.4 Å². The first-order valence-corrected chi connectivity index (χ1v) is 8.60. The van der Waals surface area contributed by atoms with Crippen LogP contribution in [0.1, 0.15) is 25.6 Å². The number of carboxylic acids is 1. The van der Waals surface area contributed by atoms with E-state index in [4.69, 9.17) is 0 Å². The summed E-state index contributed by atoms with van der Waals surface area (Å²) in [5.41, 5.74) is 2.05. The minimum absolute atomic E-state index is 0.0284. The quantitative estimate of drug-likeness (QED) is 0.854. The average molecular weight is 378 g/mol. The van der Waals surface area contributed by atoms with E-state index in [1.54, 1.807) is 0 Å². The Labute approximate surface area is 143 Å². The van der Waals surface area contributed by atoms with Crippen LogP contribution >= 0.6 is 15.9 Å². The molecule has 1 fully saturated rings. The molecule has 2 aromatic rings. The van der Waals surface area contributed by atoms with Crippen LogP contribution in [0, 0.1) is 5.92 Å². The Balaban J connectivity index is 1.73. The number of benzene rings is 1. The minimum atomic E-state index is -0.698. The van der Waals surface area contributed by atoms with Gasteiger partial charge in [-0.15, -0.1) is 0 Å². The third-order valence-electron chi connectivity index (χ3n) is 4.55. The summed E-state index contributed by atoms with van der Waals surface area (Å²) >= 11 is 3.48. The van der Waals surface area contributed by atoms with Gasteiger partial charge in [0, 0.05) is 16.1 Å². The Morgan fingerprint density at radius 2 is 2.35 bits per heavy atom. The molecule has 0 saturated carbocycles. The van der Waals surface area contributed by atoms with E-state index in [2.05, 4.69) is 30.8 Å². The SMILES string of the molecule is C[C@@H]1[C@H](C(=O)O)CCCN1Cc1ncc(-c2cccc(Br)c2)[nH]1. The molecule has 0 amide bonds. The molecule has 1 aromatic carbocycles. The molecular weight excluding hydrogens is 358 g/mol. The molecule has 2 N–H and O–H groups in total. The maximum atomic E-state index is 11.3. The van der Waals surface area contributed by atoms with Crippen LogP contribution < -0.4 is 0 Å². The van der Waals surface area contributed by atoms with Crippen molar-refractivity contribution >= 4 is 21.9 Å². The Morgan fingerprint density at radius 3 is 3.09 bits per heavy atom. The van der Waals surface area contributed by atoms with Gasteiger partial charge in [-0.1, -0.05) is 28.1 Å². The summed E-state index contributed by atoms with van der Waals surface area (Å²) in [7, 11) is 0. The molecule has 5 nitrogen and oxygen atoms in total. The van der Waals surface area contributed by atoms with Gasteiger partial charge in [0.2, 0.25) is 0 Å². The first-order valence-electron chi connectivity index (χ1n) is 7.81. The van der Waals surface area contributed by atoms with E-state index in [0.717, 1.165) is 40.9 Å². The van der Waals surface area contributed by atoms with E-state index >= 15 is 0 Å². The van der Waals surface area contributed by atoms with Gasteiger partial charge in [-0.3, -0.25) is 9.69 Å². The molecule has 1 saturated heterocycles. The number of piperidine rings is 1. The van der Waals surface area contributed by atoms with E-state index in [-0.39, 0.29) is 12.0 Å². The van der Waals surface area contributed by atoms with E-state index < -0.39 is 5.97 Å². The van der Waals surface area contributed by atoms with Gasteiger partial charge in [0.15, 0.2) is 0 Å². The molecule has 1 aliphatic heterocycles. The third-order valence-corrected chi connectivity index (χ3v) is 5.05. The van der Waals surface area contributed by atoms with Crippen molar-refractivity contribution in [2.45, 2.75) is 32.4 Å². The van der Waals surface area contributed by atoms with Crippen molar-refractivity contribution in [1.82, 2.24) is 14.9 Å². The van der Waals surface area contributed by atoms with Gasteiger partial charge in [-0.25, -0.2) is 4.98 Å². The van der Waals surface area contributed by atoms with Gasteiger partial charge < -0.3 is 10.1 Å². The molecule has 23 heavy (non-hydrogen) atoms. The highest BCUT2D eigenvalue weighted by Crippen LogP contribution is 2.26. The van der Waals surface area contributed by atoms with Crippen LogP contribution in [0.25, 0.3) is 11.3 Å². The van der Waals surface area contributed by atoms with Crippen LogP contribution in [-0.2, 0) is 11.3 Å². The molecule has 2 heterocycles. The number of aliphatic carboxylic acids is 1. The zero-order valence-corrected chi connectivity index (χ0v) is 14.6. The van der Waals surface area contributed by atoms with Crippen LogP contribution in [0.2, 0.25) is 0 Å². The average Bonchev–Trinajstić information content (AvgIpc) is 2.98. The van der Waals surface area contributed by atoms with E-state index in [1.165, 1.54) is 0 Å². The maximum absolute atomic E-state index is 11.3. The molecule has 0 unspecified atom stereocenters. The number of carbonyl (C=O) groups is 1. The zero-order valence-electron chi connectivity index (χ0n) is 13.0. The minimum Gasteiger partial charge on any atom is -0.481 e. The van der Waals surface area contributed by atoms with Crippen molar-refractivity contribution in [2.24, 2.45) is 5.92 Å². The van der Waals surface area contributed by atoms with Crippen molar-refractivity contribution in [3.8, 4) is 11.3 Å². The van der Waals surface area contributed by atoms with Gasteiger partial charge in [0.25, 0.3) is 0 Å². The predicted molar refractivity (Wildman–Crippen MR) is 92.0 cm³/mol. The number of nitrogens with one attached hydrogen (secondary N) is 1. The Kier molecular flexibility index (Phi) is 4.82. The van der Waals surface area contributed by atoms with Crippen molar-refractivity contribution < 1.29 is 9.90 Å². The summed E-state index contributed by atoms with van der Waals surface area (Å²) in [4.78, 5) is 21.3. The van der Waals surface area contributed by atoms with Crippen LogP contribution in [-0.4, -0.2) is 38.5 Å². The summed E-state index contributed by atoms with van der Waals surface area (Å²) in [6, 6.07) is 8.08. The molecule has 2 atom stereocenters. The van der Waals surface area contributed by atoms with Crippen molar-refractivity contribution in [3.63, 3.8) is 0 Å². The summed E-state index contributed by atoms with van der Waals surface area (Å²) in [6.07, 6.45) is 3.51. The van der Waals surface area contributed by atoms with Gasteiger partial charge in [-0.2, -0.15) is 0 Å². The highest BCUT2D eigenvalue weighted by atomic mass is 79.9. The largest absolute Gasteiger partial charge is 0.481 e. The number of H-pyrrole nitrogens is 1. The summed E-state index contributed by atoms with van der Waals surface area (Å²) in [5, 5.41) is 9.32. The fraction of sp³-hybridized carbons (Fsp3) is 0.412. The number of aromatic nitrogens is 2. The number of imidazole rings is 1. The number of aromatic amines is 1. The fourth-order valence-electron chi connectivity index (χ4n) is 3.20. The van der Waals surface area contributed by atoms with Crippen molar-refractivity contribution in [2.75, 3.05) is 6.54 Å². The summed E-state index contributed by atoms with van der Waals surface area (Å²) in [6.45, 7) is 3.56.